The van der Waals surface area contributed by atoms with Gasteiger partial charge in [0.15, 0.2) is 0 Å². The van der Waals surface area contributed by atoms with Crippen LogP contribution in [0.3, 0.4) is 0 Å². The summed E-state index contributed by atoms with van der Waals surface area (Å²) in [6, 6.07) is -0.508. The molecule has 2 heterocycles. The number of ether oxygens (including phenoxy) is 1. The molecule has 1 unspecified atom stereocenters. The summed E-state index contributed by atoms with van der Waals surface area (Å²) in [5.41, 5.74) is -0.686. The molecule has 23 heavy (non-hydrogen) atoms. The van der Waals surface area contributed by atoms with Gasteiger partial charge < -0.3 is 4.74 Å². The lowest BCUT2D eigenvalue weighted by molar-refractivity contribution is -0.125. The van der Waals surface area contributed by atoms with Gasteiger partial charge in [-0.1, -0.05) is 32.1 Å². The molecule has 1 aromatic rings. The third kappa shape index (κ3) is 4.40. The Hall–Kier alpha value is -1.70. The van der Waals surface area contributed by atoms with E-state index in [1.165, 1.54) is 16.2 Å². The second kappa shape index (κ2) is 6.07. The molecule has 0 spiro atoms. The Morgan fingerprint density at radius 1 is 1.22 bits per heavy atom. The fraction of sp³-hybridized carbons (Fsp3) is 0.733. The van der Waals surface area contributed by atoms with Crippen LogP contribution in [0.25, 0.3) is 0 Å². The molecule has 1 saturated heterocycles. The van der Waals surface area contributed by atoms with E-state index in [4.69, 9.17) is 4.74 Å². The average molecular weight is 340 g/mol. The van der Waals surface area contributed by atoms with E-state index in [1.807, 2.05) is 20.8 Å². The maximum atomic E-state index is 12.3. The smallest absolute Gasteiger partial charge is 0.410 e. The third-order valence-electron chi connectivity index (χ3n) is 3.25. The average Bonchev–Trinajstić information content (AvgIpc) is 2.72. The first kappa shape index (κ1) is 17.7. The maximum Gasteiger partial charge on any atom is 0.410 e. The normalized spacial score (nSPS) is 18.3. The van der Waals surface area contributed by atoms with Crippen LogP contribution in [0.15, 0.2) is 0 Å². The van der Waals surface area contributed by atoms with Crippen molar-refractivity contribution >= 4 is 28.5 Å². The molecule has 1 atom stereocenters. The Labute approximate surface area is 140 Å². The molecule has 2 rings (SSSR count). The zero-order valence-corrected chi connectivity index (χ0v) is 15.3. The van der Waals surface area contributed by atoms with Crippen molar-refractivity contribution in [3.05, 3.63) is 5.01 Å². The third-order valence-corrected chi connectivity index (χ3v) is 4.51. The van der Waals surface area contributed by atoms with Crippen LogP contribution in [-0.4, -0.2) is 45.3 Å². The zero-order chi connectivity index (χ0) is 17.4. The van der Waals surface area contributed by atoms with Gasteiger partial charge in [0.25, 0.3) is 0 Å². The number of nitrogens with zero attached hydrogens (tertiary/aromatic N) is 3. The molecule has 0 radical (unpaired) electrons. The lowest BCUT2D eigenvalue weighted by atomic mass is 9.98. The van der Waals surface area contributed by atoms with Crippen molar-refractivity contribution in [2.24, 2.45) is 0 Å². The number of anilines is 1. The number of carbonyl (C=O) groups excluding carboxylic acids is 2. The highest BCUT2D eigenvalue weighted by atomic mass is 32.1. The number of hydrogen-bond donors (Lipinski definition) is 1. The van der Waals surface area contributed by atoms with E-state index in [1.54, 1.807) is 20.8 Å². The van der Waals surface area contributed by atoms with Gasteiger partial charge in [0, 0.05) is 12.0 Å². The number of amides is 2. The number of likely N-dealkylation sites (tertiary alicyclic amines) is 1. The van der Waals surface area contributed by atoms with Crippen LogP contribution in [-0.2, 0) is 14.9 Å². The van der Waals surface area contributed by atoms with Crippen LogP contribution in [0.4, 0.5) is 9.93 Å². The molecule has 7 nitrogen and oxygen atoms in total. The number of nitrogens with one attached hydrogen (secondary N) is 1. The maximum absolute atomic E-state index is 12.3. The molecule has 1 aliphatic heterocycles. The molecular formula is C15H24N4O3S. The quantitative estimate of drug-likeness (QED) is 0.895. The van der Waals surface area contributed by atoms with E-state index in [-0.39, 0.29) is 11.3 Å². The number of rotatable bonds is 2. The second-order valence-corrected chi connectivity index (χ2v) is 8.61. The predicted octanol–water partition coefficient (Wildman–Crippen LogP) is 2.78. The van der Waals surface area contributed by atoms with Crippen LogP contribution in [0, 0.1) is 0 Å². The largest absolute Gasteiger partial charge is 0.444 e. The number of carbonyl (C=O) groups is 2. The van der Waals surface area contributed by atoms with Crippen molar-refractivity contribution in [1.29, 1.82) is 0 Å². The van der Waals surface area contributed by atoms with Crippen molar-refractivity contribution in [3.8, 4) is 0 Å². The minimum absolute atomic E-state index is 0.111. The summed E-state index contributed by atoms with van der Waals surface area (Å²) in [5, 5.41) is 12.1. The van der Waals surface area contributed by atoms with Gasteiger partial charge in [0.2, 0.25) is 11.0 Å². The molecule has 0 saturated carbocycles. The summed E-state index contributed by atoms with van der Waals surface area (Å²) in [4.78, 5) is 25.8. The van der Waals surface area contributed by atoms with Gasteiger partial charge in [-0.25, -0.2) is 4.79 Å². The van der Waals surface area contributed by atoms with E-state index in [0.29, 0.717) is 18.1 Å². The first-order chi connectivity index (χ1) is 10.5. The Morgan fingerprint density at radius 3 is 2.30 bits per heavy atom. The fourth-order valence-corrected chi connectivity index (χ4v) is 2.77. The second-order valence-electron chi connectivity index (χ2n) is 7.63. The minimum Gasteiger partial charge on any atom is -0.444 e. The topological polar surface area (TPSA) is 84.4 Å². The molecular weight excluding hydrogens is 316 g/mol. The summed E-state index contributed by atoms with van der Waals surface area (Å²) in [6.07, 6.45) is 0.160. The standard InChI is InChI=1S/C15H24N4O3S/c1-14(2,3)11-17-18-12(23-11)16-10(20)9-7-8-19(9)13(21)22-15(4,5)6/h9H,7-8H2,1-6H3,(H,16,18,20). The van der Waals surface area contributed by atoms with E-state index in [2.05, 4.69) is 15.5 Å². The van der Waals surface area contributed by atoms with Crippen molar-refractivity contribution in [1.82, 2.24) is 15.1 Å². The summed E-state index contributed by atoms with van der Waals surface area (Å²) in [6.45, 7) is 12.0. The van der Waals surface area contributed by atoms with Gasteiger partial charge in [-0.15, -0.1) is 10.2 Å². The molecule has 0 bridgehead atoms. The van der Waals surface area contributed by atoms with Crippen LogP contribution >= 0.6 is 11.3 Å². The highest BCUT2D eigenvalue weighted by Crippen LogP contribution is 2.28. The highest BCUT2D eigenvalue weighted by molar-refractivity contribution is 7.15. The Morgan fingerprint density at radius 2 is 1.87 bits per heavy atom. The molecule has 128 valence electrons. The molecule has 2 amide bonds. The first-order valence-corrected chi connectivity index (χ1v) is 8.43. The summed E-state index contributed by atoms with van der Waals surface area (Å²) in [7, 11) is 0. The lowest BCUT2D eigenvalue weighted by Crippen LogP contribution is -2.57. The van der Waals surface area contributed by atoms with Crippen molar-refractivity contribution < 1.29 is 14.3 Å². The summed E-state index contributed by atoms with van der Waals surface area (Å²) >= 11 is 1.35. The monoisotopic (exact) mass is 340 g/mol. The van der Waals surface area contributed by atoms with E-state index < -0.39 is 17.7 Å². The molecule has 1 aliphatic rings. The van der Waals surface area contributed by atoms with Gasteiger partial charge in [-0.05, 0) is 27.2 Å². The molecule has 0 aliphatic carbocycles. The molecule has 1 N–H and O–H groups in total. The van der Waals surface area contributed by atoms with E-state index in [9.17, 15) is 9.59 Å². The van der Waals surface area contributed by atoms with Gasteiger partial charge in [-0.2, -0.15) is 0 Å². The minimum atomic E-state index is -0.575. The Bertz CT molecular complexity index is 601. The molecule has 1 aromatic heterocycles. The van der Waals surface area contributed by atoms with Crippen LogP contribution in [0.2, 0.25) is 0 Å². The summed E-state index contributed by atoms with van der Waals surface area (Å²) in [5.74, 6) is -0.251. The van der Waals surface area contributed by atoms with Crippen LogP contribution in [0.1, 0.15) is 53.0 Å². The number of hydrogen-bond acceptors (Lipinski definition) is 6. The highest BCUT2D eigenvalue weighted by Gasteiger charge is 2.40. The van der Waals surface area contributed by atoms with Crippen LogP contribution in [0.5, 0.6) is 0 Å². The predicted molar refractivity (Wildman–Crippen MR) is 88.6 cm³/mol. The Kier molecular flexibility index (Phi) is 4.66. The van der Waals surface area contributed by atoms with Crippen LogP contribution < -0.4 is 5.32 Å². The van der Waals surface area contributed by atoms with E-state index in [0.717, 1.165) is 5.01 Å². The van der Waals surface area contributed by atoms with Crippen molar-refractivity contribution in [3.63, 3.8) is 0 Å². The molecule has 8 heteroatoms. The zero-order valence-electron chi connectivity index (χ0n) is 14.5. The number of aromatic nitrogens is 2. The van der Waals surface area contributed by atoms with Crippen molar-refractivity contribution in [2.45, 2.75) is 65.0 Å². The van der Waals surface area contributed by atoms with Gasteiger partial charge in [0.1, 0.15) is 16.7 Å². The summed E-state index contributed by atoms with van der Waals surface area (Å²) < 4.78 is 5.30. The molecule has 0 aromatic carbocycles. The van der Waals surface area contributed by atoms with Gasteiger partial charge in [0.05, 0.1) is 0 Å². The van der Waals surface area contributed by atoms with Gasteiger partial charge >= 0.3 is 6.09 Å². The van der Waals surface area contributed by atoms with E-state index >= 15 is 0 Å². The first-order valence-electron chi connectivity index (χ1n) is 7.62. The van der Waals surface area contributed by atoms with Gasteiger partial charge in [-0.3, -0.25) is 15.0 Å². The fourth-order valence-electron chi connectivity index (χ4n) is 1.96. The SMILES string of the molecule is CC(C)(C)OC(=O)N1CCC1C(=O)Nc1nnc(C(C)(C)C)s1. The Balaban J connectivity index is 1.96. The van der Waals surface area contributed by atoms with Crippen molar-refractivity contribution in [2.75, 3.05) is 11.9 Å². The lowest BCUT2D eigenvalue weighted by Gasteiger charge is -2.39. The molecule has 1 fully saturated rings.